The van der Waals surface area contributed by atoms with Gasteiger partial charge < -0.3 is 9.64 Å². The number of nitrogens with zero attached hydrogens (tertiary/aromatic N) is 1. The van der Waals surface area contributed by atoms with Gasteiger partial charge in [-0.05, 0) is 23.3 Å². The Morgan fingerprint density at radius 3 is 2.16 bits per heavy atom. The third-order valence-corrected chi connectivity index (χ3v) is 3.01. The highest BCUT2D eigenvalue weighted by Crippen LogP contribution is 2.22. The molecular weight excluding hydrogens is 238 g/mol. The lowest BCUT2D eigenvalue weighted by Gasteiger charge is -2.18. The third-order valence-electron chi connectivity index (χ3n) is 3.01. The van der Waals surface area contributed by atoms with Crippen LogP contribution < -0.4 is 4.90 Å². The molecule has 0 radical (unpaired) electrons. The molecule has 0 bridgehead atoms. The number of esters is 1. The number of carbonyl (C=O) groups excluding carboxylic acids is 1. The van der Waals surface area contributed by atoms with E-state index in [1.807, 2.05) is 42.3 Å². The van der Waals surface area contributed by atoms with E-state index in [0.29, 0.717) is 0 Å². The van der Waals surface area contributed by atoms with Crippen LogP contribution in [0.25, 0.3) is 11.1 Å². The molecule has 3 nitrogen and oxygen atoms in total. The number of ether oxygens (including phenoxy) is 1. The summed E-state index contributed by atoms with van der Waals surface area (Å²) in [5.74, 6) is -0.241. The topological polar surface area (TPSA) is 29.5 Å². The lowest BCUT2D eigenvalue weighted by atomic mass is 10.1. The van der Waals surface area contributed by atoms with Crippen molar-refractivity contribution in [3.63, 3.8) is 0 Å². The zero-order chi connectivity index (χ0) is 13.7. The van der Waals surface area contributed by atoms with Crippen molar-refractivity contribution in [2.45, 2.75) is 0 Å². The van der Waals surface area contributed by atoms with Crippen LogP contribution in [0.2, 0.25) is 0 Å². The van der Waals surface area contributed by atoms with Gasteiger partial charge >= 0.3 is 5.97 Å². The summed E-state index contributed by atoms with van der Waals surface area (Å²) in [6, 6.07) is 18.3. The number of hydrogen-bond donors (Lipinski definition) is 0. The molecule has 0 atom stereocenters. The van der Waals surface area contributed by atoms with Crippen LogP contribution >= 0.6 is 0 Å². The zero-order valence-electron chi connectivity index (χ0n) is 11.2. The highest BCUT2D eigenvalue weighted by Gasteiger charge is 2.07. The van der Waals surface area contributed by atoms with Crippen molar-refractivity contribution < 1.29 is 9.53 Å². The first-order valence-corrected chi connectivity index (χ1v) is 6.14. The maximum absolute atomic E-state index is 11.2. The number of hydrogen-bond acceptors (Lipinski definition) is 3. The van der Waals surface area contributed by atoms with Gasteiger partial charge in [-0.15, -0.1) is 0 Å². The Hall–Kier alpha value is -2.29. The summed E-state index contributed by atoms with van der Waals surface area (Å²) in [7, 11) is 3.27. The number of likely N-dealkylation sites (N-methyl/N-ethyl adjacent to an activating group) is 1. The molecule has 0 N–H and O–H groups in total. The first-order valence-electron chi connectivity index (χ1n) is 6.14. The van der Waals surface area contributed by atoms with Crippen molar-refractivity contribution in [1.29, 1.82) is 0 Å². The maximum atomic E-state index is 11.2. The summed E-state index contributed by atoms with van der Waals surface area (Å²) in [4.78, 5) is 13.1. The minimum absolute atomic E-state index is 0.241. The average Bonchev–Trinajstić information content (AvgIpc) is 2.48. The second-order valence-corrected chi connectivity index (χ2v) is 4.35. The minimum atomic E-state index is -0.241. The largest absolute Gasteiger partial charge is 0.468 e. The van der Waals surface area contributed by atoms with Gasteiger partial charge in [-0.3, -0.25) is 4.79 Å². The zero-order valence-corrected chi connectivity index (χ0v) is 11.2. The predicted molar refractivity (Wildman–Crippen MR) is 77.2 cm³/mol. The number of anilines is 1. The van der Waals surface area contributed by atoms with Crippen LogP contribution in [0, 0.1) is 0 Å². The summed E-state index contributed by atoms with van der Waals surface area (Å²) >= 11 is 0. The van der Waals surface area contributed by atoms with Crippen molar-refractivity contribution in [1.82, 2.24) is 0 Å². The Morgan fingerprint density at radius 2 is 1.58 bits per heavy atom. The SMILES string of the molecule is COC(=O)CN(C)c1ccc(-c2ccccc2)cc1. The van der Waals surface area contributed by atoms with Crippen LogP contribution in [0.5, 0.6) is 0 Å². The molecule has 0 spiro atoms. The van der Waals surface area contributed by atoms with Crippen LogP contribution in [-0.2, 0) is 9.53 Å². The molecular formula is C16H17NO2. The van der Waals surface area contributed by atoms with E-state index in [2.05, 4.69) is 29.0 Å². The second kappa shape index (κ2) is 6.05. The molecule has 0 unspecified atom stereocenters. The molecule has 0 saturated carbocycles. The van der Waals surface area contributed by atoms with E-state index in [1.165, 1.54) is 12.7 Å². The highest BCUT2D eigenvalue weighted by atomic mass is 16.5. The molecule has 0 aliphatic rings. The van der Waals surface area contributed by atoms with Crippen LogP contribution in [-0.4, -0.2) is 26.7 Å². The number of rotatable bonds is 4. The third kappa shape index (κ3) is 3.35. The standard InChI is InChI=1S/C16H17NO2/c1-17(12-16(18)19-2)15-10-8-14(9-11-15)13-6-4-3-5-7-13/h3-11H,12H2,1-2H3. The fraction of sp³-hybridized carbons (Fsp3) is 0.188. The lowest BCUT2D eigenvalue weighted by molar-refractivity contribution is -0.138. The number of methoxy groups -OCH3 is 1. The average molecular weight is 255 g/mol. The number of carbonyl (C=O) groups is 1. The van der Waals surface area contributed by atoms with E-state index in [0.717, 1.165) is 11.3 Å². The van der Waals surface area contributed by atoms with E-state index in [9.17, 15) is 4.79 Å². The molecule has 98 valence electrons. The molecule has 2 aromatic rings. The summed E-state index contributed by atoms with van der Waals surface area (Å²) in [6.45, 7) is 0.251. The molecule has 0 aromatic heterocycles. The molecule has 0 heterocycles. The van der Waals surface area contributed by atoms with Gasteiger partial charge in [-0.1, -0.05) is 42.5 Å². The monoisotopic (exact) mass is 255 g/mol. The van der Waals surface area contributed by atoms with Crippen LogP contribution in [0.3, 0.4) is 0 Å². The summed E-state index contributed by atoms with van der Waals surface area (Å²) < 4.78 is 4.65. The van der Waals surface area contributed by atoms with Gasteiger partial charge in [0.15, 0.2) is 0 Å². The molecule has 0 saturated heterocycles. The van der Waals surface area contributed by atoms with Crippen LogP contribution in [0.15, 0.2) is 54.6 Å². The Morgan fingerprint density at radius 1 is 1.00 bits per heavy atom. The van der Waals surface area contributed by atoms with Gasteiger partial charge in [0.05, 0.1) is 7.11 Å². The Balaban J connectivity index is 2.12. The second-order valence-electron chi connectivity index (χ2n) is 4.35. The first kappa shape index (κ1) is 13.1. The molecule has 0 amide bonds. The van der Waals surface area contributed by atoms with Crippen LogP contribution in [0.1, 0.15) is 0 Å². The van der Waals surface area contributed by atoms with Gasteiger partial charge in [-0.25, -0.2) is 0 Å². The summed E-state index contributed by atoms with van der Waals surface area (Å²) in [5.41, 5.74) is 3.34. The molecule has 0 aliphatic heterocycles. The summed E-state index contributed by atoms with van der Waals surface area (Å²) in [6.07, 6.45) is 0. The molecule has 3 heteroatoms. The van der Waals surface area contributed by atoms with Crippen molar-refractivity contribution in [3.05, 3.63) is 54.6 Å². The fourth-order valence-corrected chi connectivity index (χ4v) is 1.89. The fourth-order valence-electron chi connectivity index (χ4n) is 1.89. The van der Waals surface area contributed by atoms with Crippen molar-refractivity contribution in [2.24, 2.45) is 0 Å². The Labute approximate surface area is 113 Å². The molecule has 0 aliphatic carbocycles. The van der Waals surface area contributed by atoms with Crippen molar-refractivity contribution >= 4 is 11.7 Å². The molecule has 2 aromatic carbocycles. The van der Waals surface area contributed by atoms with Crippen molar-refractivity contribution in [2.75, 3.05) is 25.6 Å². The first-order chi connectivity index (χ1) is 9.20. The quantitative estimate of drug-likeness (QED) is 0.787. The van der Waals surface area contributed by atoms with E-state index < -0.39 is 0 Å². The smallest absolute Gasteiger partial charge is 0.325 e. The van der Waals surface area contributed by atoms with E-state index in [-0.39, 0.29) is 12.5 Å². The van der Waals surface area contributed by atoms with E-state index in [4.69, 9.17) is 0 Å². The van der Waals surface area contributed by atoms with Gasteiger partial charge in [0.25, 0.3) is 0 Å². The molecule has 0 fully saturated rings. The van der Waals surface area contributed by atoms with Crippen LogP contribution in [0.4, 0.5) is 5.69 Å². The van der Waals surface area contributed by atoms with Crippen molar-refractivity contribution in [3.8, 4) is 11.1 Å². The summed E-state index contributed by atoms with van der Waals surface area (Å²) in [5, 5.41) is 0. The molecule has 19 heavy (non-hydrogen) atoms. The normalized spacial score (nSPS) is 10.0. The van der Waals surface area contributed by atoms with E-state index in [1.54, 1.807) is 0 Å². The van der Waals surface area contributed by atoms with Gasteiger partial charge in [0.2, 0.25) is 0 Å². The lowest BCUT2D eigenvalue weighted by Crippen LogP contribution is -2.26. The maximum Gasteiger partial charge on any atom is 0.325 e. The van der Waals surface area contributed by atoms with E-state index >= 15 is 0 Å². The van der Waals surface area contributed by atoms with Gasteiger partial charge in [-0.2, -0.15) is 0 Å². The van der Waals surface area contributed by atoms with Gasteiger partial charge in [0, 0.05) is 12.7 Å². The predicted octanol–water partition coefficient (Wildman–Crippen LogP) is 2.96. The van der Waals surface area contributed by atoms with Gasteiger partial charge in [0.1, 0.15) is 6.54 Å². The Kier molecular flexibility index (Phi) is 4.18. The Bertz CT molecular complexity index is 534. The molecule has 2 rings (SSSR count). The minimum Gasteiger partial charge on any atom is -0.468 e. The number of benzene rings is 2. The highest BCUT2D eigenvalue weighted by molar-refractivity contribution is 5.76.